The van der Waals surface area contributed by atoms with Crippen molar-refractivity contribution >= 4 is 0 Å². The lowest BCUT2D eigenvalue weighted by atomic mass is 10.1. The van der Waals surface area contributed by atoms with Crippen molar-refractivity contribution in [2.24, 2.45) is 5.92 Å². The summed E-state index contributed by atoms with van der Waals surface area (Å²) < 4.78 is 5.36. The van der Waals surface area contributed by atoms with Crippen molar-refractivity contribution < 1.29 is 14.9 Å². The van der Waals surface area contributed by atoms with Crippen molar-refractivity contribution in [3.05, 3.63) is 23.8 Å². The minimum atomic E-state index is -0.147. The molecule has 19 heavy (non-hydrogen) atoms. The normalized spacial score (nSPS) is 22.6. The summed E-state index contributed by atoms with van der Waals surface area (Å²) in [5.74, 6) is 1.09. The van der Waals surface area contributed by atoms with Gasteiger partial charge in [-0.3, -0.25) is 0 Å². The van der Waals surface area contributed by atoms with E-state index in [1.54, 1.807) is 6.07 Å². The third-order valence-electron chi connectivity index (χ3n) is 3.68. The molecule has 0 amide bonds. The van der Waals surface area contributed by atoms with Gasteiger partial charge < -0.3 is 20.3 Å². The summed E-state index contributed by atoms with van der Waals surface area (Å²) in [6.45, 7) is 4.00. The third kappa shape index (κ3) is 3.85. The van der Waals surface area contributed by atoms with Crippen molar-refractivity contribution in [3.63, 3.8) is 0 Å². The molecule has 1 saturated carbocycles. The highest BCUT2D eigenvalue weighted by molar-refractivity contribution is 5.41. The lowest BCUT2D eigenvalue weighted by Crippen LogP contribution is -2.27. The van der Waals surface area contributed by atoms with Crippen LogP contribution in [0.15, 0.2) is 18.2 Å². The van der Waals surface area contributed by atoms with Crippen LogP contribution in [0.3, 0.4) is 0 Å². The smallest absolute Gasteiger partial charge is 0.161 e. The standard InChI is InChI=1S/C15H23NO3/c1-2-19-15-8-11(6-7-14(15)18)9-16-10-12-4-3-5-13(12)17/h6-8,12-13,16-18H,2-5,9-10H2,1H3. The lowest BCUT2D eigenvalue weighted by molar-refractivity contribution is 0.131. The molecule has 0 aliphatic heterocycles. The number of nitrogens with one attached hydrogen (secondary N) is 1. The number of aliphatic hydroxyl groups is 1. The highest BCUT2D eigenvalue weighted by atomic mass is 16.5. The molecule has 1 aromatic rings. The van der Waals surface area contributed by atoms with Crippen LogP contribution >= 0.6 is 0 Å². The van der Waals surface area contributed by atoms with Crippen LogP contribution in [0.25, 0.3) is 0 Å². The zero-order valence-corrected chi connectivity index (χ0v) is 11.4. The highest BCUT2D eigenvalue weighted by Crippen LogP contribution is 2.27. The molecular formula is C15H23NO3. The fourth-order valence-electron chi connectivity index (χ4n) is 2.60. The first-order valence-electron chi connectivity index (χ1n) is 7.04. The van der Waals surface area contributed by atoms with Gasteiger partial charge in [0.1, 0.15) is 0 Å². The minimum Gasteiger partial charge on any atom is -0.504 e. The Balaban J connectivity index is 1.83. The molecule has 0 spiro atoms. The van der Waals surface area contributed by atoms with Crippen LogP contribution in [0.5, 0.6) is 11.5 Å². The van der Waals surface area contributed by atoms with Crippen LogP contribution in [0, 0.1) is 5.92 Å². The molecule has 0 aromatic heterocycles. The van der Waals surface area contributed by atoms with E-state index in [0.29, 0.717) is 18.3 Å². The molecule has 0 heterocycles. The minimum absolute atomic E-state index is 0.147. The molecule has 4 nitrogen and oxygen atoms in total. The van der Waals surface area contributed by atoms with Gasteiger partial charge in [-0.15, -0.1) is 0 Å². The van der Waals surface area contributed by atoms with Crippen molar-refractivity contribution in [2.75, 3.05) is 13.2 Å². The van der Waals surface area contributed by atoms with Gasteiger partial charge in [-0.2, -0.15) is 0 Å². The van der Waals surface area contributed by atoms with Crippen LogP contribution in [0.4, 0.5) is 0 Å². The molecular weight excluding hydrogens is 242 g/mol. The highest BCUT2D eigenvalue weighted by Gasteiger charge is 2.24. The van der Waals surface area contributed by atoms with Gasteiger partial charge in [0.05, 0.1) is 12.7 Å². The molecule has 4 heteroatoms. The monoisotopic (exact) mass is 265 g/mol. The fraction of sp³-hybridized carbons (Fsp3) is 0.600. The van der Waals surface area contributed by atoms with E-state index in [4.69, 9.17) is 4.74 Å². The topological polar surface area (TPSA) is 61.7 Å². The van der Waals surface area contributed by atoms with Gasteiger partial charge in [0.15, 0.2) is 11.5 Å². The van der Waals surface area contributed by atoms with E-state index in [0.717, 1.165) is 37.9 Å². The van der Waals surface area contributed by atoms with Crippen molar-refractivity contribution in [3.8, 4) is 11.5 Å². The molecule has 1 aliphatic carbocycles. The van der Waals surface area contributed by atoms with E-state index in [1.807, 2.05) is 19.1 Å². The molecule has 0 saturated heterocycles. The Kier molecular flexibility index (Phi) is 5.05. The van der Waals surface area contributed by atoms with Crippen LogP contribution in [-0.4, -0.2) is 29.5 Å². The van der Waals surface area contributed by atoms with Crippen molar-refractivity contribution in [2.45, 2.75) is 38.8 Å². The molecule has 106 valence electrons. The SMILES string of the molecule is CCOc1cc(CNCC2CCCC2O)ccc1O. The first kappa shape index (κ1) is 14.2. The van der Waals surface area contributed by atoms with Gasteiger partial charge in [0, 0.05) is 13.1 Å². The van der Waals surface area contributed by atoms with E-state index in [1.165, 1.54) is 0 Å². The zero-order valence-electron chi connectivity index (χ0n) is 11.4. The van der Waals surface area contributed by atoms with Gasteiger partial charge in [-0.1, -0.05) is 12.5 Å². The van der Waals surface area contributed by atoms with Crippen LogP contribution < -0.4 is 10.1 Å². The van der Waals surface area contributed by atoms with Crippen LogP contribution in [-0.2, 0) is 6.54 Å². The molecule has 1 aliphatic rings. The van der Waals surface area contributed by atoms with Crippen molar-refractivity contribution in [1.82, 2.24) is 5.32 Å². The number of ether oxygens (including phenoxy) is 1. The Labute approximate surface area is 114 Å². The van der Waals surface area contributed by atoms with Crippen LogP contribution in [0.1, 0.15) is 31.7 Å². The fourth-order valence-corrected chi connectivity index (χ4v) is 2.60. The summed E-state index contributed by atoms with van der Waals surface area (Å²) in [7, 11) is 0. The number of hydrogen-bond acceptors (Lipinski definition) is 4. The van der Waals surface area contributed by atoms with E-state index in [2.05, 4.69) is 5.32 Å². The Bertz CT molecular complexity index is 408. The Morgan fingerprint density at radius 2 is 2.21 bits per heavy atom. The van der Waals surface area contributed by atoms with Gasteiger partial charge >= 0.3 is 0 Å². The lowest BCUT2D eigenvalue weighted by Gasteiger charge is -2.15. The van der Waals surface area contributed by atoms with Gasteiger partial charge in [-0.05, 0) is 43.4 Å². The van der Waals surface area contributed by atoms with E-state index >= 15 is 0 Å². The molecule has 0 radical (unpaired) electrons. The third-order valence-corrected chi connectivity index (χ3v) is 3.68. The predicted octanol–water partition coefficient (Wildman–Crippen LogP) is 2.04. The number of hydrogen-bond donors (Lipinski definition) is 3. The van der Waals surface area contributed by atoms with E-state index in [9.17, 15) is 10.2 Å². The quantitative estimate of drug-likeness (QED) is 0.736. The van der Waals surface area contributed by atoms with Gasteiger partial charge in [-0.25, -0.2) is 0 Å². The Morgan fingerprint density at radius 1 is 1.37 bits per heavy atom. The number of rotatable bonds is 6. The van der Waals surface area contributed by atoms with Crippen LogP contribution in [0.2, 0.25) is 0 Å². The molecule has 1 fully saturated rings. The summed E-state index contributed by atoms with van der Waals surface area (Å²) >= 11 is 0. The summed E-state index contributed by atoms with van der Waals surface area (Å²) in [6, 6.07) is 5.40. The number of aromatic hydroxyl groups is 1. The number of benzene rings is 1. The maximum atomic E-state index is 9.74. The van der Waals surface area contributed by atoms with Crippen molar-refractivity contribution in [1.29, 1.82) is 0 Å². The Morgan fingerprint density at radius 3 is 2.89 bits per heavy atom. The average Bonchev–Trinajstić information content (AvgIpc) is 2.79. The summed E-state index contributed by atoms with van der Waals surface area (Å²) in [5, 5.41) is 22.7. The maximum Gasteiger partial charge on any atom is 0.161 e. The van der Waals surface area contributed by atoms with Gasteiger partial charge in [0.2, 0.25) is 0 Å². The molecule has 1 aromatic carbocycles. The predicted molar refractivity (Wildman–Crippen MR) is 74.3 cm³/mol. The van der Waals surface area contributed by atoms with Gasteiger partial charge in [0.25, 0.3) is 0 Å². The van der Waals surface area contributed by atoms with E-state index < -0.39 is 0 Å². The number of phenols is 1. The maximum absolute atomic E-state index is 9.74. The molecule has 2 atom stereocenters. The summed E-state index contributed by atoms with van der Waals surface area (Å²) in [5.41, 5.74) is 1.08. The zero-order chi connectivity index (χ0) is 13.7. The first-order chi connectivity index (χ1) is 9.20. The largest absolute Gasteiger partial charge is 0.504 e. The summed E-state index contributed by atoms with van der Waals surface area (Å²) in [4.78, 5) is 0. The second-order valence-corrected chi connectivity index (χ2v) is 5.12. The molecule has 0 bridgehead atoms. The molecule has 3 N–H and O–H groups in total. The summed E-state index contributed by atoms with van der Waals surface area (Å²) in [6.07, 6.45) is 3.01. The molecule has 2 rings (SSSR count). The van der Waals surface area contributed by atoms with E-state index in [-0.39, 0.29) is 11.9 Å². The second kappa shape index (κ2) is 6.78. The first-order valence-corrected chi connectivity index (χ1v) is 7.04. The number of aliphatic hydroxyl groups excluding tert-OH is 1. The average molecular weight is 265 g/mol. The second-order valence-electron chi connectivity index (χ2n) is 5.12. The number of phenolic OH excluding ortho intramolecular Hbond substituents is 1. The molecule has 2 unspecified atom stereocenters. The Hall–Kier alpha value is -1.26.